The highest BCUT2D eigenvalue weighted by Gasteiger charge is 2.45. The lowest BCUT2D eigenvalue weighted by Crippen LogP contribution is -2.48. The van der Waals surface area contributed by atoms with Crippen LogP contribution in [0.3, 0.4) is 0 Å². The van der Waals surface area contributed by atoms with Gasteiger partial charge in [-0.05, 0) is 39.1 Å². The highest BCUT2D eigenvalue weighted by atomic mass is 32.2. The number of thioether (sulfide) groups is 1. The highest BCUT2D eigenvalue weighted by Crippen LogP contribution is 2.41. The van der Waals surface area contributed by atoms with E-state index in [1.807, 2.05) is 27.2 Å². The first kappa shape index (κ1) is 19.1. The zero-order chi connectivity index (χ0) is 18.3. The monoisotopic (exact) mass is 371 g/mol. The number of rotatable bonds is 4. The standard InChI is InChI=1S/C17H29N3O4S/c1-8-13(21)15(24-17(25-4)14(8)22)12-9(2)23-16(19-12)11-5-10(6-18)7-20(11)3/h8,10-11,13-15,17,21-22H,5-7,18H2,1-4H3/t8-,10-,11-,13+,14+,15+,17+/m0/s1. The van der Waals surface area contributed by atoms with E-state index >= 15 is 0 Å². The lowest BCUT2D eigenvalue weighted by molar-refractivity contribution is -0.171. The second-order valence-electron chi connectivity index (χ2n) is 7.29. The van der Waals surface area contributed by atoms with Gasteiger partial charge in [-0.2, -0.15) is 0 Å². The molecule has 0 radical (unpaired) electrons. The van der Waals surface area contributed by atoms with Crippen LogP contribution in [-0.4, -0.2) is 64.1 Å². The molecule has 0 spiro atoms. The van der Waals surface area contributed by atoms with E-state index in [0.29, 0.717) is 29.8 Å². The molecule has 142 valence electrons. The summed E-state index contributed by atoms with van der Waals surface area (Å²) >= 11 is 1.44. The number of ether oxygens (including phenoxy) is 1. The van der Waals surface area contributed by atoms with Crippen LogP contribution >= 0.6 is 11.8 Å². The van der Waals surface area contributed by atoms with E-state index in [0.717, 1.165) is 13.0 Å². The fraction of sp³-hybridized carbons (Fsp3) is 0.824. The Bertz CT molecular complexity index is 596. The third kappa shape index (κ3) is 3.48. The molecule has 25 heavy (non-hydrogen) atoms. The lowest BCUT2D eigenvalue weighted by Gasteiger charge is -2.40. The first-order valence-corrected chi connectivity index (χ1v) is 10.1. The Kier molecular flexibility index (Phi) is 5.77. The fourth-order valence-corrected chi connectivity index (χ4v) is 4.61. The smallest absolute Gasteiger partial charge is 0.212 e. The minimum atomic E-state index is -0.826. The second-order valence-corrected chi connectivity index (χ2v) is 8.22. The number of nitrogens with two attached hydrogens (primary N) is 1. The molecule has 0 bridgehead atoms. The van der Waals surface area contributed by atoms with E-state index < -0.39 is 23.7 Å². The number of aliphatic hydroxyl groups is 2. The number of aromatic nitrogens is 1. The Morgan fingerprint density at radius 3 is 2.68 bits per heavy atom. The number of hydrogen-bond donors (Lipinski definition) is 3. The first-order valence-electron chi connectivity index (χ1n) is 8.79. The van der Waals surface area contributed by atoms with E-state index in [9.17, 15) is 10.2 Å². The summed E-state index contributed by atoms with van der Waals surface area (Å²) in [6.45, 7) is 5.27. The summed E-state index contributed by atoms with van der Waals surface area (Å²) in [5.41, 5.74) is 6.05. The van der Waals surface area contributed by atoms with Gasteiger partial charge in [0.1, 0.15) is 23.0 Å². The summed E-state index contributed by atoms with van der Waals surface area (Å²) in [6.07, 6.45) is 0.678. The topological polar surface area (TPSA) is 105 Å². The molecular formula is C17H29N3O4S. The molecule has 3 rings (SSSR count). The van der Waals surface area contributed by atoms with Crippen molar-refractivity contribution in [3.8, 4) is 0 Å². The largest absolute Gasteiger partial charge is 0.444 e. The number of hydrogen-bond acceptors (Lipinski definition) is 8. The summed E-state index contributed by atoms with van der Waals surface area (Å²) in [5, 5.41) is 20.8. The molecule has 4 N–H and O–H groups in total. The molecule has 8 heteroatoms. The number of aryl methyl sites for hydroxylation is 1. The average Bonchev–Trinajstić information content (AvgIpc) is 3.15. The van der Waals surface area contributed by atoms with E-state index in [1.54, 1.807) is 0 Å². The van der Waals surface area contributed by atoms with Crippen molar-refractivity contribution < 1.29 is 19.4 Å². The number of likely N-dealkylation sites (tertiary alicyclic amines) is 1. The van der Waals surface area contributed by atoms with Crippen molar-refractivity contribution in [2.24, 2.45) is 17.6 Å². The predicted molar refractivity (Wildman–Crippen MR) is 96.1 cm³/mol. The van der Waals surface area contributed by atoms with Gasteiger partial charge in [-0.25, -0.2) is 4.98 Å². The predicted octanol–water partition coefficient (Wildman–Crippen LogP) is 1.05. The second kappa shape index (κ2) is 7.54. The summed E-state index contributed by atoms with van der Waals surface area (Å²) in [4.78, 5) is 6.90. The molecule has 0 aromatic carbocycles. The number of nitrogens with zero attached hydrogens (tertiary/aromatic N) is 2. The molecule has 2 saturated heterocycles. The van der Waals surface area contributed by atoms with Gasteiger partial charge < -0.3 is 25.1 Å². The third-order valence-corrected chi connectivity index (χ3v) is 6.41. The molecule has 0 aliphatic carbocycles. The minimum absolute atomic E-state index is 0.0982. The Morgan fingerprint density at radius 2 is 2.08 bits per heavy atom. The van der Waals surface area contributed by atoms with Crippen molar-refractivity contribution >= 4 is 11.8 Å². The van der Waals surface area contributed by atoms with Gasteiger partial charge >= 0.3 is 0 Å². The quantitative estimate of drug-likeness (QED) is 0.721. The van der Waals surface area contributed by atoms with Gasteiger partial charge in [0.25, 0.3) is 0 Å². The van der Waals surface area contributed by atoms with Gasteiger partial charge in [0.15, 0.2) is 0 Å². The van der Waals surface area contributed by atoms with Crippen LogP contribution in [0.2, 0.25) is 0 Å². The van der Waals surface area contributed by atoms with Crippen LogP contribution in [0.25, 0.3) is 0 Å². The minimum Gasteiger partial charge on any atom is -0.444 e. The van der Waals surface area contributed by atoms with E-state index in [4.69, 9.17) is 14.9 Å². The molecule has 2 fully saturated rings. The van der Waals surface area contributed by atoms with Crippen molar-refractivity contribution in [1.82, 2.24) is 9.88 Å². The molecule has 0 saturated carbocycles. The summed E-state index contributed by atoms with van der Waals surface area (Å²) < 4.78 is 11.9. The van der Waals surface area contributed by atoms with E-state index in [-0.39, 0.29) is 12.0 Å². The Labute approximate surface area is 152 Å². The van der Waals surface area contributed by atoms with Gasteiger partial charge in [-0.1, -0.05) is 6.92 Å². The maximum absolute atomic E-state index is 10.6. The van der Waals surface area contributed by atoms with Crippen LogP contribution in [0, 0.1) is 18.8 Å². The molecule has 2 aliphatic rings. The maximum Gasteiger partial charge on any atom is 0.212 e. The molecular weight excluding hydrogens is 342 g/mol. The van der Waals surface area contributed by atoms with Crippen molar-refractivity contribution in [1.29, 1.82) is 0 Å². The molecule has 0 unspecified atom stereocenters. The van der Waals surface area contributed by atoms with Gasteiger partial charge in [0, 0.05) is 12.5 Å². The zero-order valence-corrected chi connectivity index (χ0v) is 16.1. The molecule has 7 atom stereocenters. The zero-order valence-electron chi connectivity index (χ0n) is 15.3. The maximum atomic E-state index is 10.6. The first-order chi connectivity index (χ1) is 11.9. The molecule has 1 aromatic rings. The van der Waals surface area contributed by atoms with Crippen molar-refractivity contribution in [2.75, 3.05) is 26.4 Å². The highest BCUT2D eigenvalue weighted by molar-refractivity contribution is 7.99. The van der Waals surface area contributed by atoms with Gasteiger partial charge in [-0.15, -0.1) is 11.8 Å². The normalized spacial score (nSPS) is 39.9. The van der Waals surface area contributed by atoms with Gasteiger partial charge in [-0.3, -0.25) is 4.90 Å². The Balaban J connectivity index is 1.85. The fourth-order valence-electron chi connectivity index (χ4n) is 3.85. The van der Waals surface area contributed by atoms with Crippen molar-refractivity contribution in [3.63, 3.8) is 0 Å². The van der Waals surface area contributed by atoms with Crippen LogP contribution in [-0.2, 0) is 4.74 Å². The average molecular weight is 372 g/mol. The van der Waals surface area contributed by atoms with E-state index in [2.05, 4.69) is 9.88 Å². The summed E-state index contributed by atoms with van der Waals surface area (Å²) in [7, 11) is 2.05. The summed E-state index contributed by atoms with van der Waals surface area (Å²) in [6, 6.07) is 0.0982. The Hall–Kier alpha value is -0.640. The van der Waals surface area contributed by atoms with Crippen LogP contribution in [0.15, 0.2) is 4.42 Å². The van der Waals surface area contributed by atoms with Crippen LogP contribution < -0.4 is 5.73 Å². The van der Waals surface area contributed by atoms with Crippen LogP contribution in [0.5, 0.6) is 0 Å². The Morgan fingerprint density at radius 1 is 1.36 bits per heavy atom. The van der Waals surface area contributed by atoms with Gasteiger partial charge in [0.2, 0.25) is 5.89 Å². The number of oxazole rings is 1. The molecule has 2 aliphatic heterocycles. The van der Waals surface area contributed by atoms with Crippen molar-refractivity contribution in [2.45, 2.75) is 50.1 Å². The van der Waals surface area contributed by atoms with E-state index in [1.165, 1.54) is 11.8 Å². The molecule has 7 nitrogen and oxygen atoms in total. The van der Waals surface area contributed by atoms with Crippen molar-refractivity contribution in [3.05, 3.63) is 17.3 Å². The molecule has 3 heterocycles. The van der Waals surface area contributed by atoms with Crippen LogP contribution in [0.4, 0.5) is 0 Å². The SMILES string of the molecule is CS[C@H]1O[C@H](c2nc([C@@H]3C[C@@H](CN)CN3C)oc2C)[C@H](O)[C@H](C)[C@H]1O. The van der Waals surface area contributed by atoms with Gasteiger partial charge in [0.05, 0.1) is 18.2 Å². The summed E-state index contributed by atoms with van der Waals surface area (Å²) in [5.74, 6) is 1.46. The number of aliphatic hydroxyl groups excluding tert-OH is 2. The lowest BCUT2D eigenvalue weighted by atomic mass is 9.90. The molecule has 0 amide bonds. The molecule has 1 aromatic heterocycles. The van der Waals surface area contributed by atoms with Crippen LogP contribution in [0.1, 0.15) is 42.8 Å². The third-order valence-electron chi connectivity index (χ3n) is 5.55.